The summed E-state index contributed by atoms with van der Waals surface area (Å²) in [6.45, 7) is 6.88. The highest BCUT2D eigenvalue weighted by molar-refractivity contribution is 6.32. The zero-order valence-corrected chi connectivity index (χ0v) is 14.4. The summed E-state index contributed by atoms with van der Waals surface area (Å²) in [7, 11) is 0. The van der Waals surface area contributed by atoms with Crippen LogP contribution >= 0.6 is 0 Å². The van der Waals surface area contributed by atoms with Crippen molar-refractivity contribution in [2.24, 2.45) is 0 Å². The Hall–Kier alpha value is -2.60. The lowest BCUT2D eigenvalue weighted by Crippen LogP contribution is -2.10. The van der Waals surface area contributed by atoms with Crippen molar-refractivity contribution in [3.63, 3.8) is 0 Å². The first-order valence-electron chi connectivity index (χ1n) is 8.64. The van der Waals surface area contributed by atoms with Crippen LogP contribution in [0.1, 0.15) is 26.3 Å². The van der Waals surface area contributed by atoms with Gasteiger partial charge in [-0.15, -0.1) is 0 Å². The van der Waals surface area contributed by atoms with Crippen LogP contribution in [0.25, 0.3) is 43.1 Å². The number of benzene rings is 5. The average Bonchev–Trinajstić information content (AvgIpc) is 2.58. The first kappa shape index (κ1) is 13.8. The van der Waals surface area contributed by atoms with Gasteiger partial charge in [0, 0.05) is 0 Å². The maximum Gasteiger partial charge on any atom is -0.00262 e. The molecule has 5 aromatic carbocycles. The summed E-state index contributed by atoms with van der Waals surface area (Å²) in [5, 5.41) is 11.0. The second-order valence-electron chi connectivity index (χ2n) is 7.89. The van der Waals surface area contributed by atoms with Crippen LogP contribution in [-0.2, 0) is 5.41 Å². The summed E-state index contributed by atoms with van der Waals surface area (Å²) in [6, 6.07) is 24.9. The fourth-order valence-corrected chi connectivity index (χ4v) is 4.09. The first-order valence-corrected chi connectivity index (χ1v) is 8.64. The van der Waals surface area contributed by atoms with Crippen molar-refractivity contribution < 1.29 is 0 Å². The van der Waals surface area contributed by atoms with E-state index in [1.165, 1.54) is 48.7 Å². The topological polar surface area (TPSA) is 0 Å². The van der Waals surface area contributed by atoms with E-state index < -0.39 is 0 Å². The van der Waals surface area contributed by atoms with Gasteiger partial charge in [0.05, 0.1) is 0 Å². The van der Waals surface area contributed by atoms with Crippen LogP contribution in [0.5, 0.6) is 0 Å². The molecule has 0 nitrogen and oxygen atoms in total. The largest absolute Gasteiger partial charge is 0.0610 e. The molecule has 0 saturated carbocycles. The Balaban J connectivity index is 2.16. The molecule has 5 rings (SSSR count). The van der Waals surface area contributed by atoms with E-state index in [0.29, 0.717) is 0 Å². The van der Waals surface area contributed by atoms with Gasteiger partial charge < -0.3 is 0 Å². The SMILES string of the molecule is CC(C)(C)c1cc2cccc3c4cccc5cccc(c(c1)c23)c54. The van der Waals surface area contributed by atoms with Gasteiger partial charge in [0.1, 0.15) is 0 Å². The minimum absolute atomic E-state index is 0.144. The van der Waals surface area contributed by atoms with Gasteiger partial charge in [-0.25, -0.2) is 0 Å². The van der Waals surface area contributed by atoms with Crippen LogP contribution in [0.2, 0.25) is 0 Å². The third-order valence-electron chi connectivity index (χ3n) is 5.33. The highest BCUT2D eigenvalue weighted by atomic mass is 14.2. The summed E-state index contributed by atoms with van der Waals surface area (Å²) in [6.07, 6.45) is 0. The molecule has 0 saturated heterocycles. The van der Waals surface area contributed by atoms with Gasteiger partial charge in [0.15, 0.2) is 0 Å². The van der Waals surface area contributed by atoms with E-state index in [1.807, 2.05) is 0 Å². The third kappa shape index (κ3) is 1.74. The van der Waals surface area contributed by atoms with Gasteiger partial charge in [-0.2, -0.15) is 0 Å². The lowest BCUT2D eigenvalue weighted by Gasteiger charge is -2.22. The second kappa shape index (κ2) is 4.48. The predicted octanol–water partition coefficient (Wildman–Crippen LogP) is 7.03. The molecule has 0 heterocycles. The van der Waals surface area contributed by atoms with Crippen LogP contribution < -0.4 is 0 Å². The minimum Gasteiger partial charge on any atom is -0.0610 e. The van der Waals surface area contributed by atoms with Crippen molar-refractivity contribution in [1.29, 1.82) is 0 Å². The quantitative estimate of drug-likeness (QED) is 0.213. The Morgan fingerprint density at radius 1 is 0.542 bits per heavy atom. The van der Waals surface area contributed by atoms with Crippen LogP contribution in [0.3, 0.4) is 0 Å². The van der Waals surface area contributed by atoms with Crippen molar-refractivity contribution >= 4 is 43.1 Å². The molecule has 0 aliphatic carbocycles. The molecular weight excluding hydrogens is 288 g/mol. The summed E-state index contributed by atoms with van der Waals surface area (Å²) >= 11 is 0. The number of hydrogen-bond donors (Lipinski definition) is 0. The highest BCUT2D eigenvalue weighted by Crippen LogP contribution is 2.41. The smallest absolute Gasteiger partial charge is 0.00262 e. The minimum atomic E-state index is 0.144. The molecule has 0 radical (unpaired) electrons. The van der Waals surface area contributed by atoms with Gasteiger partial charge in [-0.05, 0) is 60.1 Å². The van der Waals surface area contributed by atoms with E-state index in [2.05, 4.69) is 87.5 Å². The normalized spacial score (nSPS) is 12.8. The Kier molecular flexibility index (Phi) is 2.58. The van der Waals surface area contributed by atoms with E-state index >= 15 is 0 Å². The Morgan fingerprint density at radius 3 is 1.62 bits per heavy atom. The zero-order chi connectivity index (χ0) is 16.5. The molecule has 0 aliphatic rings. The number of fused-ring (bicyclic) bond motifs is 2. The molecule has 116 valence electrons. The van der Waals surface area contributed by atoms with E-state index in [0.717, 1.165) is 0 Å². The monoisotopic (exact) mass is 308 g/mol. The van der Waals surface area contributed by atoms with Crippen LogP contribution in [-0.4, -0.2) is 0 Å². The van der Waals surface area contributed by atoms with E-state index in [4.69, 9.17) is 0 Å². The summed E-state index contributed by atoms with van der Waals surface area (Å²) in [4.78, 5) is 0. The summed E-state index contributed by atoms with van der Waals surface area (Å²) in [5.74, 6) is 0. The molecule has 0 aliphatic heterocycles. The molecule has 24 heavy (non-hydrogen) atoms. The van der Waals surface area contributed by atoms with Gasteiger partial charge >= 0.3 is 0 Å². The molecule has 5 aromatic rings. The highest BCUT2D eigenvalue weighted by Gasteiger charge is 2.18. The molecule has 0 fully saturated rings. The van der Waals surface area contributed by atoms with Crippen molar-refractivity contribution in [2.75, 3.05) is 0 Å². The Labute approximate surface area is 142 Å². The van der Waals surface area contributed by atoms with Gasteiger partial charge in [-0.3, -0.25) is 0 Å². The average molecular weight is 308 g/mol. The van der Waals surface area contributed by atoms with E-state index in [9.17, 15) is 0 Å². The number of rotatable bonds is 0. The molecule has 0 unspecified atom stereocenters. The van der Waals surface area contributed by atoms with Crippen molar-refractivity contribution in [3.8, 4) is 0 Å². The zero-order valence-electron chi connectivity index (χ0n) is 14.4. The molecule has 0 heteroatoms. The molecule has 0 N–H and O–H groups in total. The maximum atomic E-state index is 2.41. The van der Waals surface area contributed by atoms with Crippen molar-refractivity contribution in [2.45, 2.75) is 26.2 Å². The van der Waals surface area contributed by atoms with Crippen molar-refractivity contribution in [3.05, 3.63) is 72.3 Å². The first-order chi connectivity index (χ1) is 11.5. The molecular formula is C24H20. The van der Waals surface area contributed by atoms with Gasteiger partial charge in [-0.1, -0.05) is 81.4 Å². The molecule has 0 aromatic heterocycles. The van der Waals surface area contributed by atoms with Gasteiger partial charge in [0.25, 0.3) is 0 Å². The lowest BCUT2D eigenvalue weighted by molar-refractivity contribution is 0.592. The molecule has 0 atom stereocenters. The fraction of sp³-hybridized carbons (Fsp3) is 0.167. The Morgan fingerprint density at radius 2 is 1.04 bits per heavy atom. The molecule has 0 amide bonds. The van der Waals surface area contributed by atoms with E-state index in [-0.39, 0.29) is 5.41 Å². The lowest BCUT2D eigenvalue weighted by atomic mass is 9.82. The van der Waals surface area contributed by atoms with Crippen molar-refractivity contribution in [1.82, 2.24) is 0 Å². The maximum absolute atomic E-state index is 2.41. The van der Waals surface area contributed by atoms with Gasteiger partial charge in [0.2, 0.25) is 0 Å². The Bertz CT molecular complexity index is 1210. The van der Waals surface area contributed by atoms with Crippen LogP contribution in [0, 0.1) is 0 Å². The number of hydrogen-bond acceptors (Lipinski definition) is 0. The fourth-order valence-electron chi connectivity index (χ4n) is 4.09. The molecule has 0 spiro atoms. The second-order valence-corrected chi connectivity index (χ2v) is 7.89. The van der Waals surface area contributed by atoms with Crippen LogP contribution in [0.15, 0.2) is 66.7 Å². The molecule has 0 bridgehead atoms. The summed E-state index contributed by atoms with van der Waals surface area (Å²) < 4.78 is 0. The van der Waals surface area contributed by atoms with Crippen LogP contribution in [0.4, 0.5) is 0 Å². The summed E-state index contributed by atoms with van der Waals surface area (Å²) in [5.41, 5.74) is 1.55. The third-order valence-corrected chi connectivity index (χ3v) is 5.33. The van der Waals surface area contributed by atoms with E-state index in [1.54, 1.807) is 0 Å². The standard InChI is InChI=1S/C24H20/c1-24(2,3)17-13-16-9-6-11-19-18-10-4-7-15-8-5-12-20(22(15)18)21(14-17)23(16)19/h4-14H,1-3H3. The predicted molar refractivity (Wildman–Crippen MR) is 106 cm³/mol.